The summed E-state index contributed by atoms with van der Waals surface area (Å²) in [7, 11) is 0. The number of carbonyl (C=O) groups excluding carboxylic acids is 1. The van der Waals surface area contributed by atoms with Gasteiger partial charge in [0.15, 0.2) is 5.82 Å². The summed E-state index contributed by atoms with van der Waals surface area (Å²) in [5.41, 5.74) is 1.26. The third-order valence-electron chi connectivity index (χ3n) is 5.28. The molecule has 0 aliphatic heterocycles. The molecule has 2 aliphatic carbocycles. The summed E-state index contributed by atoms with van der Waals surface area (Å²) in [6.07, 6.45) is 3.73. The van der Waals surface area contributed by atoms with E-state index in [9.17, 15) is 14.7 Å². The van der Waals surface area contributed by atoms with E-state index in [4.69, 9.17) is 0 Å². The fourth-order valence-electron chi connectivity index (χ4n) is 3.79. The summed E-state index contributed by atoms with van der Waals surface area (Å²) >= 11 is 0. The number of nitrogens with one attached hydrogen (secondary N) is 2. The summed E-state index contributed by atoms with van der Waals surface area (Å²) < 4.78 is 2.07. The lowest BCUT2D eigenvalue weighted by Crippen LogP contribution is -2.45. The van der Waals surface area contributed by atoms with Crippen LogP contribution in [0.3, 0.4) is 0 Å². The monoisotopic (exact) mass is 357 g/mol. The first-order valence-corrected chi connectivity index (χ1v) is 9.03. The third kappa shape index (κ3) is 2.94. The second-order valence-corrected chi connectivity index (χ2v) is 7.41. The first-order chi connectivity index (χ1) is 12.5. The molecule has 1 amide bonds. The van der Waals surface area contributed by atoms with Gasteiger partial charge in [-0.1, -0.05) is 0 Å². The average molecular weight is 357 g/mol. The molecular weight excluding hydrogens is 334 g/mol. The van der Waals surface area contributed by atoms with Gasteiger partial charge in [0.2, 0.25) is 0 Å². The van der Waals surface area contributed by atoms with Crippen molar-refractivity contribution in [1.29, 1.82) is 0 Å². The van der Waals surface area contributed by atoms with E-state index in [1.807, 2.05) is 0 Å². The minimum atomic E-state index is -0.350. The standard InChI is InChI=1S/C18H23N5O3/c1-9-5-10(2)19-17(25)15(9)18(26)20-12-6-11(7-12)16-22-21-14(8-24)23(16)13-3-4-13/h5,11-13,24H,3-4,6-8H2,1-2H3,(H,19,25)(H,20,26). The van der Waals surface area contributed by atoms with Crippen LogP contribution in [0.4, 0.5) is 0 Å². The van der Waals surface area contributed by atoms with Crippen molar-refractivity contribution in [3.8, 4) is 0 Å². The Kier molecular flexibility index (Phi) is 4.14. The fourth-order valence-corrected chi connectivity index (χ4v) is 3.79. The highest BCUT2D eigenvalue weighted by Crippen LogP contribution is 2.42. The number of nitrogens with zero attached hydrogens (tertiary/aromatic N) is 3. The summed E-state index contributed by atoms with van der Waals surface area (Å²) in [6, 6.07) is 2.23. The fraction of sp³-hybridized carbons (Fsp3) is 0.556. The van der Waals surface area contributed by atoms with Crippen LogP contribution in [0.2, 0.25) is 0 Å². The first-order valence-electron chi connectivity index (χ1n) is 9.03. The molecule has 0 saturated heterocycles. The summed E-state index contributed by atoms with van der Waals surface area (Å²) in [5.74, 6) is 1.43. The third-order valence-corrected chi connectivity index (χ3v) is 5.28. The molecule has 2 aromatic heterocycles. The van der Waals surface area contributed by atoms with Gasteiger partial charge < -0.3 is 20.0 Å². The zero-order valence-electron chi connectivity index (χ0n) is 15.0. The number of aliphatic hydroxyl groups is 1. The van der Waals surface area contributed by atoms with Gasteiger partial charge >= 0.3 is 0 Å². The number of hydrogen-bond donors (Lipinski definition) is 3. The molecular formula is C18H23N5O3. The first kappa shape index (κ1) is 17.0. The maximum absolute atomic E-state index is 12.5. The number of aromatic amines is 1. The number of pyridine rings is 1. The van der Waals surface area contributed by atoms with Crippen molar-refractivity contribution >= 4 is 5.91 Å². The molecule has 2 aliphatic rings. The Balaban J connectivity index is 1.43. The number of aromatic nitrogens is 4. The molecule has 26 heavy (non-hydrogen) atoms. The van der Waals surface area contributed by atoms with Gasteiger partial charge in [0.05, 0.1) is 0 Å². The van der Waals surface area contributed by atoms with E-state index in [0.29, 0.717) is 17.4 Å². The SMILES string of the molecule is Cc1cc(C)c(C(=O)NC2CC(c3nnc(CO)n3C3CC3)C2)c(=O)[nH]1. The lowest BCUT2D eigenvalue weighted by Gasteiger charge is -2.35. The van der Waals surface area contributed by atoms with E-state index in [0.717, 1.165) is 37.2 Å². The normalized spacial score (nSPS) is 22.1. The Bertz CT molecular complexity index is 906. The highest BCUT2D eigenvalue weighted by Gasteiger charge is 2.39. The smallest absolute Gasteiger partial charge is 0.261 e. The van der Waals surface area contributed by atoms with Crippen LogP contribution < -0.4 is 10.9 Å². The predicted octanol–water partition coefficient (Wildman–Crippen LogP) is 1.09. The van der Waals surface area contributed by atoms with Crippen LogP contribution in [0.25, 0.3) is 0 Å². The van der Waals surface area contributed by atoms with Crippen molar-refractivity contribution in [1.82, 2.24) is 25.1 Å². The molecule has 4 rings (SSSR count). The van der Waals surface area contributed by atoms with Crippen LogP contribution in [0.1, 0.15) is 70.9 Å². The Morgan fingerprint density at radius 1 is 1.35 bits per heavy atom. The second-order valence-electron chi connectivity index (χ2n) is 7.41. The molecule has 8 nitrogen and oxygen atoms in total. The lowest BCUT2D eigenvalue weighted by atomic mass is 9.79. The molecule has 0 aromatic carbocycles. The van der Waals surface area contributed by atoms with Crippen molar-refractivity contribution in [2.45, 2.75) is 64.1 Å². The van der Waals surface area contributed by atoms with Crippen molar-refractivity contribution < 1.29 is 9.90 Å². The molecule has 3 N–H and O–H groups in total. The van der Waals surface area contributed by atoms with Gasteiger partial charge in [0, 0.05) is 23.7 Å². The maximum atomic E-state index is 12.5. The van der Waals surface area contributed by atoms with Gasteiger partial charge in [-0.25, -0.2) is 0 Å². The van der Waals surface area contributed by atoms with Gasteiger partial charge in [-0.05, 0) is 51.2 Å². The Morgan fingerprint density at radius 3 is 2.69 bits per heavy atom. The van der Waals surface area contributed by atoms with Gasteiger partial charge in [-0.15, -0.1) is 10.2 Å². The number of hydrogen-bond acceptors (Lipinski definition) is 5. The highest BCUT2D eigenvalue weighted by molar-refractivity contribution is 5.95. The highest BCUT2D eigenvalue weighted by atomic mass is 16.3. The minimum Gasteiger partial charge on any atom is -0.388 e. The molecule has 138 valence electrons. The van der Waals surface area contributed by atoms with Crippen LogP contribution in [-0.2, 0) is 6.61 Å². The van der Waals surface area contributed by atoms with Gasteiger partial charge in [-0.3, -0.25) is 9.59 Å². The molecule has 2 fully saturated rings. The van der Waals surface area contributed by atoms with Crippen molar-refractivity contribution in [2.24, 2.45) is 0 Å². The van der Waals surface area contributed by atoms with Crippen molar-refractivity contribution in [3.63, 3.8) is 0 Å². The Labute approximate surface area is 150 Å². The molecule has 0 bridgehead atoms. The van der Waals surface area contributed by atoms with Gasteiger partial charge in [0.1, 0.15) is 18.0 Å². The quantitative estimate of drug-likeness (QED) is 0.741. The molecule has 0 radical (unpaired) electrons. The van der Waals surface area contributed by atoms with E-state index in [1.54, 1.807) is 19.9 Å². The molecule has 2 heterocycles. The van der Waals surface area contributed by atoms with E-state index < -0.39 is 0 Å². The predicted molar refractivity (Wildman–Crippen MR) is 94.0 cm³/mol. The average Bonchev–Trinajstić information content (AvgIpc) is 3.29. The number of H-pyrrole nitrogens is 1. The minimum absolute atomic E-state index is 0.0227. The summed E-state index contributed by atoms with van der Waals surface area (Å²) in [4.78, 5) is 27.2. The number of rotatable bonds is 5. The molecule has 2 aromatic rings. The molecule has 0 spiro atoms. The lowest BCUT2D eigenvalue weighted by molar-refractivity contribution is 0.0904. The molecule has 0 unspecified atom stereocenters. The van der Waals surface area contributed by atoms with Gasteiger partial charge in [-0.2, -0.15) is 0 Å². The second kappa shape index (κ2) is 6.35. The van der Waals surface area contributed by atoms with Crippen LogP contribution in [0, 0.1) is 13.8 Å². The zero-order chi connectivity index (χ0) is 18.4. The van der Waals surface area contributed by atoms with E-state index in [1.165, 1.54) is 0 Å². The maximum Gasteiger partial charge on any atom is 0.261 e. The van der Waals surface area contributed by atoms with Crippen LogP contribution in [0.5, 0.6) is 0 Å². The van der Waals surface area contributed by atoms with Crippen LogP contribution in [0.15, 0.2) is 10.9 Å². The van der Waals surface area contributed by atoms with E-state index in [-0.39, 0.29) is 35.6 Å². The Hall–Kier alpha value is -2.48. The zero-order valence-corrected chi connectivity index (χ0v) is 15.0. The topological polar surface area (TPSA) is 113 Å². The number of carbonyl (C=O) groups is 1. The van der Waals surface area contributed by atoms with E-state index >= 15 is 0 Å². The molecule has 0 atom stereocenters. The number of amides is 1. The summed E-state index contributed by atoms with van der Waals surface area (Å²) in [5, 5.41) is 20.7. The Morgan fingerprint density at radius 2 is 2.08 bits per heavy atom. The van der Waals surface area contributed by atoms with Crippen LogP contribution in [-0.4, -0.2) is 36.8 Å². The number of aryl methyl sites for hydroxylation is 2. The summed E-state index contributed by atoms with van der Waals surface area (Å²) in [6.45, 7) is 3.46. The molecule has 8 heteroatoms. The molecule has 2 saturated carbocycles. The van der Waals surface area contributed by atoms with Crippen molar-refractivity contribution in [3.05, 3.63) is 44.9 Å². The van der Waals surface area contributed by atoms with Gasteiger partial charge in [0.25, 0.3) is 11.5 Å². The van der Waals surface area contributed by atoms with Crippen LogP contribution >= 0.6 is 0 Å². The number of aliphatic hydroxyl groups excluding tert-OH is 1. The largest absolute Gasteiger partial charge is 0.388 e. The van der Waals surface area contributed by atoms with E-state index in [2.05, 4.69) is 25.1 Å². The van der Waals surface area contributed by atoms with Crippen molar-refractivity contribution in [2.75, 3.05) is 0 Å².